The van der Waals surface area contributed by atoms with Gasteiger partial charge in [-0.15, -0.1) is 0 Å². The lowest BCUT2D eigenvalue weighted by Crippen LogP contribution is -2.30. The average molecular weight is 269 g/mol. The summed E-state index contributed by atoms with van der Waals surface area (Å²) >= 11 is 6.37. The van der Waals surface area contributed by atoms with Gasteiger partial charge in [0.1, 0.15) is 0 Å². The Morgan fingerprint density at radius 3 is 2.94 bits per heavy atom. The van der Waals surface area contributed by atoms with Crippen molar-refractivity contribution < 1.29 is 4.74 Å². The summed E-state index contributed by atoms with van der Waals surface area (Å²) in [6, 6.07) is 6.11. The van der Waals surface area contributed by atoms with E-state index >= 15 is 0 Å². The lowest BCUT2D eigenvalue weighted by Gasteiger charge is -2.26. The van der Waals surface area contributed by atoms with Gasteiger partial charge in [0.25, 0.3) is 0 Å². The Labute approximate surface area is 114 Å². The lowest BCUT2D eigenvalue weighted by atomic mass is 10.1. The second-order valence-electron chi connectivity index (χ2n) is 4.98. The van der Waals surface area contributed by atoms with Gasteiger partial charge in [-0.2, -0.15) is 0 Å². The first-order chi connectivity index (χ1) is 8.58. The number of ether oxygens (including phenoxy) is 1. The molecule has 4 heteroatoms. The third kappa shape index (κ3) is 3.16. The van der Waals surface area contributed by atoms with E-state index in [1.54, 1.807) is 0 Å². The maximum Gasteiger partial charge on any atom is 0.0721 e. The third-order valence-corrected chi connectivity index (χ3v) is 3.59. The van der Waals surface area contributed by atoms with Gasteiger partial charge in [-0.3, -0.25) is 0 Å². The molecule has 1 saturated heterocycles. The van der Waals surface area contributed by atoms with Gasteiger partial charge in [0.15, 0.2) is 0 Å². The molecule has 100 valence electrons. The standard InChI is InChI=1S/C14H21ClN2O/c1-10-9-17(6-3-7-18-10)14-5-4-12(11(2)16)8-13(14)15/h4-5,8,10-11H,3,6-7,9,16H2,1-2H3/t10?,11-/m1/s1. The Morgan fingerprint density at radius 1 is 1.50 bits per heavy atom. The first kappa shape index (κ1) is 13.7. The number of hydrogen-bond donors (Lipinski definition) is 1. The molecular formula is C14H21ClN2O. The normalized spacial score (nSPS) is 22.7. The first-order valence-electron chi connectivity index (χ1n) is 6.49. The molecule has 2 atom stereocenters. The first-order valence-corrected chi connectivity index (χ1v) is 6.87. The second-order valence-corrected chi connectivity index (χ2v) is 5.39. The van der Waals surface area contributed by atoms with Crippen molar-refractivity contribution in [3.05, 3.63) is 28.8 Å². The molecule has 1 aliphatic rings. The lowest BCUT2D eigenvalue weighted by molar-refractivity contribution is 0.0821. The average Bonchev–Trinajstić information content (AvgIpc) is 2.53. The van der Waals surface area contributed by atoms with Crippen LogP contribution in [0.15, 0.2) is 18.2 Å². The number of nitrogens with two attached hydrogens (primary N) is 1. The van der Waals surface area contributed by atoms with Crippen molar-refractivity contribution in [3.8, 4) is 0 Å². The van der Waals surface area contributed by atoms with Gasteiger partial charge in [-0.25, -0.2) is 0 Å². The summed E-state index contributed by atoms with van der Waals surface area (Å²) in [6.45, 7) is 6.77. The van der Waals surface area contributed by atoms with Crippen LogP contribution in [0.4, 0.5) is 5.69 Å². The molecule has 1 aromatic rings. The summed E-state index contributed by atoms with van der Waals surface area (Å²) in [5.41, 5.74) is 8.02. The van der Waals surface area contributed by atoms with Crippen LogP contribution >= 0.6 is 11.6 Å². The van der Waals surface area contributed by atoms with E-state index in [1.807, 2.05) is 13.0 Å². The third-order valence-electron chi connectivity index (χ3n) is 3.29. The summed E-state index contributed by atoms with van der Waals surface area (Å²) in [5, 5.41) is 0.777. The molecule has 0 bridgehead atoms. The van der Waals surface area contributed by atoms with E-state index < -0.39 is 0 Å². The highest BCUT2D eigenvalue weighted by atomic mass is 35.5. The molecule has 0 spiro atoms. The molecule has 0 radical (unpaired) electrons. The number of hydrogen-bond acceptors (Lipinski definition) is 3. The molecule has 2 rings (SSSR count). The van der Waals surface area contributed by atoms with Gasteiger partial charge in [0.05, 0.1) is 16.8 Å². The molecule has 18 heavy (non-hydrogen) atoms. The van der Waals surface area contributed by atoms with Crippen LogP contribution in [-0.2, 0) is 4.74 Å². The summed E-state index contributed by atoms with van der Waals surface area (Å²) in [6.07, 6.45) is 1.28. The van der Waals surface area contributed by atoms with Crippen molar-refractivity contribution >= 4 is 17.3 Å². The zero-order valence-electron chi connectivity index (χ0n) is 11.0. The minimum Gasteiger partial charge on any atom is -0.377 e. The van der Waals surface area contributed by atoms with Gasteiger partial charge in [0.2, 0.25) is 0 Å². The second kappa shape index (κ2) is 5.91. The maximum absolute atomic E-state index is 6.37. The van der Waals surface area contributed by atoms with Crippen LogP contribution in [0.25, 0.3) is 0 Å². The van der Waals surface area contributed by atoms with E-state index in [-0.39, 0.29) is 12.1 Å². The highest BCUT2D eigenvalue weighted by Gasteiger charge is 2.17. The Hall–Kier alpha value is -0.770. The van der Waals surface area contributed by atoms with Crippen LogP contribution < -0.4 is 10.6 Å². The van der Waals surface area contributed by atoms with Crippen molar-refractivity contribution in [2.75, 3.05) is 24.6 Å². The Balaban J connectivity index is 2.21. The van der Waals surface area contributed by atoms with Gasteiger partial charge >= 0.3 is 0 Å². The molecule has 0 aromatic heterocycles. The summed E-state index contributed by atoms with van der Waals surface area (Å²) in [4.78, 5) is 2.30. The van der Waals surface area contributed by atoms with Crippen LogP contribution in [-0.4, -0.2) is 25.8 Å². The SMILES string of the molecule is CC1CN(c2ccc([C@@H](C)N)cc2Cl)CCCO1. The van der Waals surface area contributed by atoms with E-state index in [1.165, 1.54) is 0 Å². The highest BCUT2D eigenvalue weighted by molar-refractivity contribution is 6.33. The fourth-order valence-corrected chi connectivity index (χ4v) is 2.58. The van der Waals surface area contributed by atoms with E-state index in [4.69, 9.17) is 22.1 Å². The number of benzene rings is 1. The topological polar surface area (TPSA) is 38.5 Å². The molecule has 0 saturated carbocycles. The highest BCUT2D eigenvalue weighted by Crippen LogP contribution is 2.29. The number of nitrogens with zero attached hydrogens (tertiary/aromatic N) is 1. The Bertz CT molecular complexity index is 409. The van der Waals surface area contributed by atoms with Gasteiger partial charge < -0.3 is 15.4 Å². The predicted octanol–water partition coefficient (Wildman–Crippen LogP) is 2.97. The zero-order chi connectivity index (χ0) is 13.1. The molecule has 3 nitrogen and oxygen atoms in total. The smallest absolute Gasteiger partial charge is 0.0721 e. The van der Waals surface area contributed by atoms with Crippen LogP contribution in [0.1, 0.15) is 31.9 Å². The van der Waals surface area contributed by atoms with Crippen LogP contribution in [0.3, 0.4) is 0 Å². The quantitative estimate of drug-likeness (QED) is 0.896. The monoisotopic (exact) mass is 268 g/mol. The van der Waals surface area contributed by atoms with Crippen molar-refractivity contribution in [1.82, 2.24) is 0 Å². The largest absolute Gasteiger partial charge is 0.377 e. The number of halogens is 1. The molecule has 0 aliphatic carbocycles. The van der Waals surface area contributed by atoms with E-state index in [0.29, 0.717) is 0 Å². The van der Waals surface area contributed by atoms with Crippen molar-refractivity contribution in [2.24, 2.45) is 5.73 Å². The summed E-state index contributed by atoms with van der Waals surface area (Å²) < 4.78 is 5.65. The molecule has 2 N–H and O–H groups in total. The maximum atomic E-state index is 6.37. The molecule has 0 amide bonds. The van der Waals surface area contributed by atoms with E-state index in [2.05, 4.69) is 24.0 Å². The van der Waals surface area contributed by atoms with Crippen molar-refractivity contribution in [3.63, 3.8) is 0 Å². The Morgan fingerprint density at radius 2 is 2.28 bits per heavy atom. The molecule has 1 heterocycles. The van der Waals surface area contributed by atoms with Crippen molar-refractivity contribution in [1.29, 1.82) is 0 Å². The molecule has 1 unspecified atom stereocenters. The van der Waals surface area contributed by atoms with Gasteiger partial charge in [-0.05, 0) is 38.0 Å². The molecule has 1 aliphatic heterocycles. The predicted molar refractivity (Wildman–Crippen MR) is 76.3 cm³/mol. The van der Waals surface area contributed by atoms with E-state index in [9.17, 15) is 0 Å². The fraction of sp³-hybridized carbons (Fsp3) is 0.571. The van der Waals surface area contributed by atoms with Crippen molar-refractivity contribution in [2.45, 2.75) is 32.4 Å². The van der Waals surface area contributed by atoms with Gasteiger partial charge in [0, 0.05) is 25.7 Å². The number of rotatable bonds is 2. The zero-order valence-corrected chi connectivity index (χ0v) is 11.8. The van der Waals surface area contributed by atoms with E-state index in [0.717, 1.165) is 42.4 Å². The van der Waals surface area contributed by atoms with Crippen LogP contribution in [0.2, 0.25) is 5.02 Å². The minimum atomic E-state index is 0.0166. The van der Waals surface area contributed by atoms with Crippen LogP contribution in [0.5, 0.6) is 0 Å². The molecular weight excluding hydrogens is 248 g/mol. The number of anilines is 1. The fourth-order valence-electron chi connectivity index (χ4n) is 2.28. The summed E-state index contributed by atoms with van der Waals surface area (Å²) in [5.74, 6) is 0. The van der Waals surface area contributed by atoms with Gasteiger partial charge in [-0.1, -0.05) is 17.7 Å². The van der Waals surface area contributed by atoms with Crippen LogP contribution in [0, 0.1) is 0 Å². The molecule has 1 aromatic carbocycles. The summed E-state index contributed by atoms with van der Waals surface area (Å²) in [7, 11) is 0. The molecule has 1 fully saturated rings. The Kier molecular flexibility index (Phi) is 4.49. The minimum absolute atomic E-state index is 0.0166.